The molecule has 0 heterocycles. The monoisotopic (exact) mass is 137 g/mol. The number of rotatable bonds is 0. The van der Waals surface area contributed by atoms with Crippen LogP contribution in [0, 0.1) is 0 Å². The van der Waals surface area contributed by atoms with Gasteiger partial charge in [-0.1, -0.05) is 0 Å². The van der Waals surface area contributed by atoms with Crippen molar-refractivity contribution in [3.63, 3.8) is 0 Å². The van der Waals surface area contributed by atoms with Crippen molar-refractivity contribution in [2.24, 2.45) is 5.73 Å². The van der Waals surface area contributed by atoms with Crippen molar-refractivity contribution < 1.29 is 4.79 Å². The SMILES string of the molecule is CC(N)=O.[AsH3]. The van der Waals surface area contributed by atoms with E-state index in [-0.39, 0.29) is 23.9 Å². The van der Waals surface area contributed by atoms with Crippen LogP contribution in [0.3, 0.4) is 0 Å². The first-order chi connectivity index (χ1) is 1.73. The number of nitrogens with two attached hydrogens (primary N) is 1. The van der Waals surface area contributed by atoms with E-state index in [1.54, 1.807) is 0 Å². The summed E-state index contributed by atoms with van der Waals surface area (Å²) in [6.45, 7) is 1.31. The van der Waals surface area contributed by atoms with Gasteiger partial charge in [0.15, 0.2) is 0 Å². The van der Waals surface area contributed by atoms with E-state index in [9.17, 15) is 4.79 Å². The van der Waals surface area contributed by atoms with Crippen molar-refractivity contribution in [3.8, 4) is 0 Å². The van der Waals surface area contributed by atoms with Crippen LogP contribution < -0.4 is 5.73 Å². The van der Waals surface area contributed by atoms with Gasteiger partial charge < -0.3 is 5.73 Å². The summed E-state index contributed by atoms with van der Waals surface area (Å²) in [6.07, 6.45) is 0. The minimum absolute atomic E-state index is 0. The van der Waals surface area contributed by atoms with E-state index >= 15 is 0 Å². The Morgan fingerprint density at radius 1 is 1.80 bits per heavy atom. The molecule has 32 valence electrons. The van der Waals surface area contributed by atoms with Crippen molar-refractivity contribution in [1.29, 1.82) is 0 Å². The summed E-state index contributed by atoms with van der Waals surface area (Å²) >= 11 is 0. The molecule has 1 amide bonds. The molecule has 0 saturated carbocycles. The molecule has 0 aromatic carbocycles. The van der Waals surface area contributed by atoms with Gasteiger partial charge in [-0.05, 0) is 0 Å². The van der Waals surface area contributed by atoms with Crippen LogP contribution in [-0.2, 0) is 4.79 Å². The molecule has 0 saturated heterocycles. The zero-order valence-electron chi connectivity index (χ0n) is 3.19. The molecule has 0 spiro atoms. The van der Waals surface area contributed by atoms with Crippen LogP contribution in [-0.4, -0.2) is 23.9 Å². The normalized spacial score (nSPS) is 5.00. The molecule has 0 bridgehead atoms. The Balaban J connectivity index is 0. The molecule has 3 heteroatoms. The summed E-state index contributed by atoms with van der Waals surface area (Å²) in [6, 6.07) is 0. The summed E-state index contributed by atoms with van der Waals surface area (Å²) in [5.74, 6) is -0.333. The molecule has 0 rings (SSSR count). The molecule has 0 fully saturated rings. The van der Waals surface area contributed by atoms with Crippen LogP contribution in [0.25, 0.3) is 0 Å². The molecular formula is C2H8AsNO. The van der Waals surface area contributed by atoms with Gasteiger partial charge in [0.25, 0.3) is 0 Å². The first kappa shape index (κ1) is 8.90. The van der Waals surface area contributed by atoms with Crippen LogP contribution in [0.2, 0.25) is 0 Å². The summed E-state index contributed by atoms with van der Waals surface area (Å²) in [7, 11) is 0. The van der Waals surface area contributed by atoms with Crippen molar-refractivity contribution in [1.82, 2.24) is 0 Å². The Morgan fingerprint density at radius 2 is 1.80 bits per heavy atom. The first-order valence-electron chi connectivity index (χ1n) is 0.993. The van der Waals surface area contributed by atoms with Crippen LogP contribution in [0.15, 0.2) is 0 Å². The maximum absolute atomic E-state index is 9.22. The van der Waals surface area contributed by atoms with Gasteiger partial charge in [-0.2, -0.15) is 0 Å². The second-order valence-electron chi connectivity index (χ2n) is 0.611. The van der Waals surface area contributed by atoms with Crippen molar-refractivity contribution in [3.05, 3.63) is 0 Å². The van der Waals surface area contributed by atoms with Crippen LogP contribution >= 0.6 is 0 Å². The number of primary amides is 1. The average molecular weight is 137 g/mol. The number of hydrogen-bond donors (Lipinski definition) is 1. The fraction of sp³-hybridized carbons (Fsp3) is 0.500. The van der Waals surface area contributed by atoms with Gasteiger partial charge in [0, 0.05) is 6.92 Å². The van der Waals surface area contributed by atoms with Crippen molar-refractivity contribution >= 4 is 23.9 Å². The van der Waals surface area contributed by atoms with Gasteiger partial charge in [-0.15, -0.1) is 0 Å². The summed E-state index contributed by atoms with van der Waals surface area (Å²) < 4.78 is 0. The van der Waals surface area contributed by atoms with Crippen molar-refractivity contribution in [2.75, 3.05) is 0 Å². The zero-order chi connectivity index (χ0) is 3.58. The molecule has 0 aromatic rings. The third-order valence-corrected chi connectivity index (χ3v) is 0. The standard InChI is InChI=1S/C2H5NO.AsH3/c1-2(3)4;/h1H3,(H2,3,4);1H3. The molecule has 1 atom stereocenters. The molecular weight excluding hydrogens is 129 g/mol. The van der Waals surface area contributed by atoms with Gasteiger partial charge in [-0.3, -0.25) is 4.79 Å². The van der Waals surface area contributed by atoms with Gasteiger partial charge in [0.1, 0.15) is 0 Å². The third kappa shape index (κ3) is 20500. The molecule has 0 aliphatic heterocycles. The third-order valence-electron chi connectivity index (χ3n) is 0. The van der Waals surface area contributed by atoms with E-state index in [1.807, 2.05) is 0 Å². The van der Waals surface area contributed by atoms with E-state index in [4.69, 9.17) is 0 Å². The Labute approximate surface area is 42.0 Å². The maximum atomic E-state index is 9.22. The van der Waals surface area contributed by atoms with Gasteiger partial charge in [0.05, 0.1) is 0 Å². The fourth-order valence-corrected chi connectivity index (χ4v) is 0. The second-order valence-corrected chi connectivity index (χ2v) is 0.611. The van der Waals surface area contributed by atoms with E-state index in [0.29, 0.717) is 0 Å². The Kier molecular flexibility index (Phi) is 7.17. The molecule has 0 aliphatic carbocycles. The zero-order valence-corrected chi connectivity index (χ0v) is 6.16. The van der Waals surface area contributed by atoms with Crippen LogP contribution in [0.4, 0.5) is 0 Å². The fourth-order valence-electron chi connectivity index (χ4n) is 0. The second kappa shape index (κ2) is 4.03. The van der Waals surface area contributed by atoms with Crippen LogP contribution in [0.1, 0.15) is 6.92 Å². The van der Waals surface area contributed by atoms with Gasteiger partial charge >= 0.3 is 18.0 Å². The van der Waals surface area contributed by atoms with Gasteiger partial charge in [0.2, 0.25) is 5.91 Å². The van der Waals surface area contributed by atoms with Crippen molar-refractivity contribution in [2.45, 2.75) is 6.92 Å². The number of carbonyl (C=O) groups is 1. The Bertz CT molecular complexity index is 32.6. The molecule has 2 nitrogen and oxygen atoms in total. The molecule has 5 heavy (non-hydrogen) atoms. The van der Waals surface area contributed by atoms with Crippen LogP contribution in [0.5, 0.6) is 0 Å². The number of hydrogen-bond acceptors (Lipinski definition) is 1. The summed E-state index contributed by atoms with van der Waals surface area (Å²) in [4.78, 5) is 9.22. The number of carbonyl (C=O) groups excluding carboxylic acids is 1. The Morgan fingerprint density at radius 3 is 1.80 bits per heavy atom. The summed E-state index contributed by atoms with van der Waals surface area (Å²) in [5, 5.41) is 0. The molecule has 0 aliphatic rings. The predicted molar refractivity (Wildman–Crippen MR) is 24.8 cm³/mol. The predicted octanol–water partition coefficient (Wildman–Crippen LogP) is -1.69. The van der Waals surface area contributed by atoms with E-state index in [0.717, 1.165) is 0 Å². The summed E-state index contributed by atoms with van der Waals surface area (Å²) in [5.41, 5.74) is 4.47. The molecule has 2 N–H and O–H groups in total. The topological polar surface area (TPSA) is 43.1 Å². The van der Waals surface area contributed by atoms with E-state index < -0.39 is 0 Å². The van der Waals surface area contributed by atoms with Gasteiger partial charge in [-0.25, -0.2) is 0 Å². The quantitative estimate of drug-likeness (QED) is 0.397. The minimum atomic E-state index is -0.333. The number of amides is 1. The molecule has 0 aromatic heterocycles. The molecule has 1 unspecified atom stereocenters. The van der Waals surface area contributed by atoms with E-state index in [1.165, 1.54) is 6.92 Å². The Hall–Kier alpha value is 0.0284. The first-order valence-corrected chi connectivity index (χ1v) is 0.993. The average Bonchev–Trinajstić information content (AvgIpc) is 0.811. The molecule has 0 radical (unpaired) electrons. The van der Waals surface area contributed by atoms with E-state index in [2.05, 4.69) is 5.73 Å².